The van der Waals surface area contributed by atoms with E-state index in [0.717, 1.165) is 70.6 Å². The molecule has 0 spiro atoms. The van der Waals surface area contributed by atoms with Crippen LogP contribution in [0.2, 0.25) is 0 Å². The molecule has 0 aliphatic heterocycles. The zero-order valence-electron chi connectivity index (χ0n) is 42.2. The van der Waals surface area contributed by atoms with Gasteiger partial charge in [-0.25, -0.2) is 4.57 Å². The molecule has 0 aromatic carbocycles. The van der Waals surface area contributed by atoms with Gasteiger partial charge in [0.1, 0.15) is 13.2 Å². The second-order valence-corrected chi connectivity index (χ2v) is 19.6. The van der Waals surface area contributed by atoms with Gasteiger partial charge in [0.25, 0.3) is 0 Å². The minimum absolute atomic E-state index is 0.0390. The van der Waals surface area contributed by atoms with E-state index in [2.05, 4.69) is 116 Å². The first-order valence-electron chi connectivity index (χ1n) is 25.8. The Bertz CT molecular complexity index is 1420. The van der Waals surface area contributed by atoms with Crippen LogP contribution in [0.4, 0.5) is 0 Å². The van der Waals surface area contributed by atoms with Gasteiger partial charge in [-0.3, -0.25) is 13.8 Å². The average Bonchev–Trinajstić information content (AvgIpc) is 3.26. The Labute approximate surface area is 400 Å². The lowest BCUT2D eigenvalue weighted by Gasteiger charge is -2.25. The van der Waals surface area contributed by atoms with Crippen LogP contribution >= 0.6 is 7.82 Å². The number of nitrogens with one attached hydrogen (secondary N) is 1. The molecule has 0 heterocycles. The highest BCUT2D eigenvalue weighted by Crippen LogP contribution is 2.43. The van der Waals surface area contributed by atoms with E-state index >= 15 is 0 Å². The third kappa shape index (κ3) is 48.9. The fourth-order valence-corrected chi connectivity index (χ4v) is 7.43. The Balaban J connectivity index is 4.51. The largest absolute Gasteiger partial charge is 0.472 e. The molecule has 0 saturated heterocycles. The minimum Gasteiger partial charge on any atom is -0.387 e. The molecule has 0 bridgehead atoms. The normalized spacial score (nSPS) is 15.0. The number of quaternary nitrogens is 1. The number of carbonyl (C=O) groups excluding carboxylic acids is 1. The Morgan fingerprint density at radius 2 is 0.938 bits per heavy atom. The van der Waals surface area contributed by atoms with Crippen molar-refractivity contribution in [2.24, 2.45) is 0 Å². The number of hydrogen-bond acceptors (Lipinski definition) is 5. The van der Waals surface area contributed by atoms with Gasteiger partial charge >= 0.3 is 7.82 Å². The first-order chi connectivity index (χ1) is 31.5. The molecular formula is C56H98N2O6P+. The van der Waals surface area contributed by atoms with E-state index in [0.29, 0.717) is 17.4 Å². The number of amides is 1. The monoisotopic (exact) mass is 926 g/mol. The molecule has 3 N–H and O–H groups in total. The van der Waals surface area contributed by atoms with Crippen molar-refractivity contribution in [2.45, 2.75) is 199 Å². The van der Waals surface area contributed by atoms with E-state index in [1.807, 2.05) is 27.2 Å². The lowest BCUT2D eigenvalue weighted by molar-refractivity contribution is -0.870. The van der Waals surface area contributed by atoms with E-state index in [9.17, 15) is 19.4 Å². The number of hydrogen-bond donors (Lipinski definition) is 3. The van der Waals surface area contributed by atoms with Crippen molar-refractivity contribution < 1.29 is 32.9 Å². The van der Waals surface area contributed by atoms with Crippen molar-refractivity contribution in [3.63, 3.8) is 0 Å². The number of likely N-dealkylation sites (N-methyl/N-ethyl adjacent to an activating group) is 1. The summed E-state index contributed by atoms with van der Waals surface area (Å²) in [6.07, 6.45) is 67.6. The molecule has 0 aromatic heterocycles. The van der Waals surface area contributed by atoms with E-state index in [4.69, 9.17) is 9.05 Å². The lowest BCUT2D eigenvalue weighted by atomic mass is 10.0. The van der Waals surface area contributed by atoms with Gasteiger partial charge in [-0.05, 0) is 83.5 Å². The highest BCUT2D eigenvalue weighted by molar-refractivity contribution is 7.47. The molecule has 0 saturated carbocycles. The molecule has 3 unspecified atom stereocenters. The molecule has 0 rings (SSSR count). The third-order valence-electron chi connectivity index (χ3n) is 10.7. The first kappa shape index (κ1) is 62.2. The number of allylic oxidation sites excluding steroid dienone is 17. The topological polar surface area (TPSA) is 105 Å². The Morgan fingerprint density at radius 3 is 1.42 bits per heavy atom. The second-order valence-electron chi connectivity index (χ2n) is 18.2. The number of phosphoric ester groups is 1. The Hall–Kier alpha value is -2.84. The van der Waals surface area contributed by atoms with Crippen LogP contribution in [-0.2, 0) is 18.4 Å². The number of rotatable bonds is 45. The van der Waals surface area contributed by atoms with Crippen LogP contribution in [0.25, 0.3) is 0 Å². The van der Waals surface area contributed by atoms with Gasteiger partial charge in [-0.2, -0.15) is 0 Å². The lowest BCUT2D eigenvalue weighted by Crippen LogP contribution is -2.45. The smallest absolute Gasteiger partial charge is 0.387 e. The fraction of sp³-hybridized carbons (Fsp3) is 0.661. The molecule has 0 fully saturated rings. The zero-order valence-corrected chi connectivity index (χ0v) is 43.1. The Kier molecular flexibility index (Phi) is 44.3. The number of unbranched alkanes of at least 4 members (excludes halogenated alkanes) is 16. The van der Waals surface area contributed by atoms with Crippen molar-refractivity contribution in [3.05, 3.63) is 109 Å². The quantitative estimate of drug-likeness (QED) is 0.0243. The fourth-order valence-electron chi connectivity index (χ4n) is 6.69. The van der Waals surface area contributed by atoms with E-state index in [1.165, 1.54) is 89.9 Å². The molecule has 65 heavy (non-hydrogen) atoms. The van der Waals surface area contributed by atoms with Crippen LogP contribution in [0.15, 0.2) is 109 Å². The van der Waals surface area contributed by atoms with Gasteiger partial charge < -0.3 is 19.8 Å². The van der Waals surface area contributed by atoms with Crippen LogP contribution in [0.5, 0.6) is 0 Å². The summed E-state index contributed by atoms with van der Waals surface area (Å²) in [6.45, 7) is 4.62. The molecule has 1 amide bonds. The molecule has 8 nitrogen and oxygen atoms in total. The van der Waals surface area contributed by atoms with Crippen molar-refractivity contribution in [2.75, 3.05) is 40.9 Å². The Morgan fingerprint density at radius 1 is 0.538 bits per heavy atom. The summed E-state index contributed by atoms with van der Waals surface area (Å²) in [5, 5.41) is 13.8. The number of aliphatic hydroxyl groups is 1. The molecule has 0 radical (unpaired) electrons. The maximum absolute atomic E-state index is 12.9. The van der Waals surface area contributed by atoms with E-state index in [-0.39, 0.29) is 25.5 Å². The molecule has 3 atom stereocenters. The van der Waals surface area contributed by atoms with Gasteiger partial charge in [0.15, 0.2) is 0 Å². The van der Waals surface area contributed by atoms with Crippen molar-refractivity contribution in [1.82, 2.24) is 5.32 Å². The molecule has 0 aromatic rings. The average molecular weight is 926 g/mol. The summed E-state index contributed by atoms with van der Waals surface area (Å²) in [7, 11) is 1.50. The SMILES string of the molecule is CC/C=C\C/C=C\C/C=C\C/C=C\C/C=C\C/C=C\C/C=C\CCCC(=O)NC(COP(=O)(O)OCC[N+](C)(C)C)C(O)/C=C/CC/C=C/CCCCCCCCCCCCCCCC. The molecule has 0 aliphatic rings. The number of aliphatic hydroxyl groups excluding tert-OH is 1. The van der Waals surface area contributed by atoms with Crippen LogP contribution in [-0.4, -0.2) is 73.4 Å². The maximum atomic E-state index is 12.9. The third-order valence-corrected chi connectivity index (χ3v) is 11.7. The van der Waals surface area contributed by atoms with Crippen LogP contribution in [0.3, 0.4) is 0 Å². The van der Waals surface area contributed by atoms with E-state index in [1.54, 1.807) is 6.08 Å². The summed E-state index contributed by atoms with van der Waals surface area (Å²) in [6, 6.07) is -0.902. The summed E-state index contributed by atoms with van der Waals surface area (Å²) in [4.78, 5) is 23.2. The standard InChI is InChI=1S/C56H97N2O6P/c1-6-8-10-12-14-16-18-20-22-24-26-28-29-30-32-34-36-38-40-42-44-46-48-50-56(60)57-54(53-64-65(61,62)63-52-51-58(3,4)5)55(59)49-47-45-43-41-39-37-35-33-31-27-25-23-21-19-17-15-13-11-9-7-2/h8,10,14,16,20,22,26,28,30,32,36,38-39,41-42,44,47,49,54-55,59H,6-7,9,11-13,15,17-19,21,23-25,27,29,31,33-35,37,40,43,45-46,48,50-53H2,1-5H3,(H-,57,60,61,62)/p+1/b10-8-,16-14-,22-20-,28-26-,32-30-,38-36-,41-39+,44-42-,49-47+. The van der Waals surface area contributed by atoms with Gasteiger partial charge in [-0.1, -0.05) is 207 Å². The predicted octanol–water partition coefficient (Wildman–Crippen LogP) is 15.3. The highest BCUT2D eigenvalue weighted by Gasteiger charge is 2.27. The van der Waals surface area contributed by atoms with Crippen molar-refractivity contribution in [3.8, 4) is 0 Å². The minimum atomic E-state index is -4.38. The number of phosphoric acid groups is 1. The van der Waals surface area contributed by atoms with Gasteiger partial charge in [0.05, 0.1) is 39.9 Å². The van der Waals surface area contributed by atoms with Crippen LogP contribution < -0.4 is 5.32 Å². The van der Waals surface area contributed by atoms with Crippen LogP contribution in [0, 0.1) is 0 Å². The first-order valence-corrected chi connectivity index (χ1v) is 27.3. The molecule has 9 heteroatoms. The van der Waals surface area contributed by atoms with Crippen molar-refractivity contribution in [1.29, 1.82) is 0 Å². The maximum Gasteiger partial charge on any atom is 0.472 e. The molecular weight excluding hydrogens is 828 g/mol. The van der Waals surface area contributed by atoms with E-state index < -0.39 is 20.0 Å². The van der Waals surface area contributed by atoms with Crippen LogP contribution in [0.1, 0.15) is 187 Å². The highest BCUT2D eigenvalue weighted by atomic mass is 31.2. The predicted molar refractivity (Wildman–Crippen MR) is 281 cm³/mol. The summed E-state index contributed by atoms with van der Waals surface area (Å²) < 4.78 is 23.6. The van der Waals surface area contributed by atoms with Gasteiger partial charge in [0.2, 0.25) is 5.91 Å². The second kappa shape index (κ2) is 46.3. The molecule has 0 aliphatic carbocycles. The number of nitrogens with zero attached hydrogens (tertiary/aromatic N) is 1. The zero-order chi connectivity index (χ0) is 47.8. The summed E-state index contributed by atoms with van der Waals surface area (Å²) >= 11 is 0. The molecule has 372 valence electrons. The number of carbonyl (C=O) groups is 1. The van der Waals surface area contributed by atoms with Gasteiger partial charge in [-0.15, -0.1) is 0 Å². The summed E-state index contributed by atoms with van der Waals surface area (Å²) in [5.74, 6) is -0.249. The summed E-state index contributed by atoms with van der Waals surface area (Å²) in [5.41, 5.74) is 0. The van der Waals surface area contributed by atoms with Crippen molar-refractivity contribution >= 4 is 13.7 Å². The van der Waals surface area contributed by atoms with Gasteiger partial charge in [0, 0.05) is 6.42 Å².